The van der Waals surface area contributed by atoms with E-state index in [9.17, 15) is 14.3 Å². The summed E-state index contributed by atoms with van der Waals surface area (Å²) in [5, 5.41) is 10.2. The Morgan fingerprint density at radius 2 is 1.80 bits per heavy atom. The van der Waals surface area contributed by atoms with Crippen LogP contribution in [0, 0.1) is 17.2 Å². The van der Waals surface area contributed by atoms with Crippen molar-refractivity contribution in [2.24, 2.45) is 11.3 Å². The molecule has 4 heteroatoms. The van der Waals surface area contributed by atoms with Crippen LogP contribution in [-0.2, 0) is 11.3 Å². The number of aliphatic hydroxyl groups is 1. The Morgan fingerprint density at radius 1 is 1.24 bits per heavy atom. The number of halogens is 1. The maximum Gasteiger partial charge on any atom is 0.253 e. The van der Waals surface area contributed by atoms with Gasteiger partial charge >= 0.3 is 0 Å². The number of nitrogens with zero attached hydrogens (tertiary/aromatic N) is 1. The van der Waals surface area contributed by atoms with Gasteiger partial charge in [-0.2, -0.15) is 0 Å². The third kappa shape index (κ3) is 3.78. The van der Waals surface area contributed by atoms with Gasteiger partial charge in [-0.1, -0.05) is 38.1 Å². The molecule has 1 fully saturated rings. The fourth-order valence-electron chi connectivity index (χ4n) is 3.75. The minimum absolute atomic E-state index is 0.00492. The van der Waals surface area contributed by atoms with Gasteiger partial charge in [0.25, 0.3) is 5.91 Å². The first kappa shape index (κ1) is 19.2. The third-order valence-electron chi connectivity index (χ3n) is 5.18. The molecule has 0 bridgehead atoms. The Bertz CT molecular complexity index is 684. The predicted octanol–water partition coefficient (Wildman–Crippen LogP) is 5.00. The van der Waals surface area contributed by atoms with Crippen LogP contribution in [0.1, 0.15) is 46.6 Å². The fourth-order valence-corrected chi connectivity index (χ4v) is 3.75. The summed E-state index contributed by atoms with van der Waals surface area (Å²) in [5.74, 6) is -0.108. The number of carbonyl (C=O) groups excluding carboxylic acids is 1. The number of hydrogen-bond acceptors (Lipinski definition) is 2. The van der Waals surface area contributed by atoms with Crippen LogP contribution < -0.4 is 0 Å². The van der Waals surface area contributed by atoms with Crippen molar-refractivity contribution >= 4 is 5.91 Å². The summed E-state index contributed by atoms with van der Waals surface area (Å²) in [6, 6.07) is 6.24. The second-order valence-electron chi connectivity index (χ2n) is 7.48. The molecule has 1 aromatic carbocycles. The normalized spacial score (nSPS) is 24.6. The van der Waals surface area contributed by atoms with Crippen molar-refractivity contribution in [1.29, 1.82) is 0 Å². The van der Waals surface area contributed by atoms with Gasteiger partial charge in [0.05, 0.1) is 5.57 Å². The lowest BCUT2D eigenvalue weighted by Crippen LogP contribution is -2.63. The predicted molar refractivity (Wildman–Crippen MR) is 98.4 cm³/mol. The lowest BCUT2D eigenvalue weighted by atomic mass is 9.57. The fraction of sp³-hybridized carbons (Fsp3) is 0.476. The SMILES string of the molecule is C/C=C\C.CC1=C(O)C2CC(C)(C)C2N(Cc2ccc(F)cc2)C1=O. The Hall–Kier alpha value is -2.10. The Labute approximate surface area is 149 Å². The van der Waals surface area contributed by atoms with Crippen molar-refractivity contribution in [1.82, 2.24) is 4.90 Å². The molecule has 1 N–H and O–H groups in total. The molecular weight excluding hydrogens is 317 g/mol. The topological polar surface area (TPSA) is 40.5 Å². The largest absolute Gasteiger partial charge is 0.511 e. The zero-order chi connectivity index (χ0) is 18.8. The van der Waals surface area contributed by atoms with Gasteiger partial charge in [0.1, 0.15) is 11.6 Å². The second-order valence-corrected chi connectivity index (χ2v) is 7.48. The van der Waals surface area contributed by atoms with Crippen LogP contribution in [0.25, 0.3) is 0 Å². The molecule has 25 heavy (non-hydrogen) atoms. The lowest BCUT2D eigenvalue weighted by Gasteiger charge is -2.58. The molecule has 1 saturated carbocycles. The minimum atomic E-state index is -0.278. The van der Waals surface area contributed by atoms with Crippen LogP contribution >= 0.6 is 0 Å². The van der Waals surface area contributed by atoms with Gasteiger partial charge in [-0.05, 0) is 50.3 Å². The van der Waals surface area contributed by atoms with Gasteiger partial charge in [-0.3, -0.25) is 4.79 Å². The maximum absolute atomic E-state index is 13.0. The quantitative estimate of drug-likeness (QED) is 0.767. The lowest BCUT2D eigenvalue weighted by molar-refractivity contribution is -0.148. The molecule has 0 saturated heterocycles. The van der Waals surface area contributed by atoms with E-state index in [0.717, 1.165) is 12.0 Å². The Morgan fingerprint density at radius 3 is 2.28 bits per heavy atom. The Kier molecular flexibility index (Phi) is 5.71. The minimum Gasteiger partial charge on any atom is -0.511 e. The molecule has 1 aromatic rings. The van der Waals surface area contributed by atoms with Crippen LogP contribution in [0.4, 0.5) is 4.39 Å². The van der Waals surface area contributed by atoms with E-state index in [0.29, 0.717) is 12.1 Å². The van der Waals surface area contributed by atoms with Crippen molar-refractivity contribution in [3.05, 3.63) is 59.1 Å². The highest BCUT2D eigenvalue weighted by Gasteiger charge is 2.56. The van der Waals surface area contributed by atoms with Crippen LogP contribution in [0.5, 0.6) is 0 Å². The first-order valence-corrected chi connectivity index (χ1v) is 8.75. The summed E-state index contributed by atoms with van der Waals surface area (Å²) in [4.78, 5) is 14.3. The van der Waals surface area contributed by atoms with E-state index in [1.165, 1.54) is 12.1 Å². The zero-order valence-corrected chi connectivity index (χ0v) is 15.7. The molecule has 0 aromatic heterocycles. The van der Waals surface area contributed by atoms with E-state index in [1.54, 1.807) is 19.1 Å². The average Bonchev–Trinajstić information content (AvgIpc) is 2.58. The third-order valence-corrected chi connectivity index (χ3v) is 5.18. The highest BCUT2D eigenvalue weighted by atomic mass is 19.1. The summed E-state index contributed by atoms with van der Waals surface area (Å²) >= 11 is 0. The first-order chi connectivity index (χ1) is 11.7. The van der Waals surface area contributed by atoms with Crippen molar-refractivity contribution in [3.63, 3.8) is 0 Å². The maximum atomic E-state index is 13.0. The molecule has 2 unspecified atom stereocenters. The number of hydrogen-bond donors (Lipinski definition) is 1. The van der Waals surface area contributed by atoms with E-state index in [2.05, 4.69) is 13.8 Å². The highest BCUT2D eigenvalue weighted by Crippen LogP contribution is 2.53. The number of fused-ring (bicyclic) bond motifs is 1. The van der Waals surface area contributed by atoms with Gasteiger partial charge in [0.15, 0.2) is 0 Å². The number of carbonyl (C=O) groups is 1. The average molecular weight is 345 g/mol. The number of allylic oxidation sites excluding steroid dienone is 2. The van der Waals surface area contributed by atoms with Gasteiger partial charge < -0.3 is 10.0 Å². The highest BCUT2D eigenvalue weighted by molar-refractivity contribution is 5.95. The van der Waals surface area contributed by atoms with E-state index < -0.39 is 0 Å². The summed E-state index contributed by atoms with van der Waals surface area (Å²) in [6.45, 7) is 10.4. The molecule has 0 spiro atoms. The standard InChI is InChI=1S/C17H20FNO2.C4H8/c1-10-14(20)13-8-17(2,3)15(13)19(16(10)21)9-11-4-6-12(18)7-5-11;1-3-4-2/h4-7,13,15,20H,8-9H2,1-3H3;3-4H,1-2H3/b;4-3-. The van der Waals surface area contributed by atoms with E-state index >= 15 is 0 Å². The van der Waals surface area contributed by atoms with Crippen LogP contribution in [0.3, 0.4) is 0 Å². The summed E-state index contributed by atoms with van der Waals surface area (Å²) in [5.41, 5.74) is 1.34. The number of benzene rings is 1. The van der Waals surface area contributed by atoms with E-state index in [4.69, 9.17) is 0 Å². The van der Waals surface area contributed by atoms with E-state index in [1.807, 2.05) is 30.9 Å². The van der Waals surface area contributed by atoms with Crippen molar-refractivity contribution in [2.45, 2.75) is 53.6 Å². The Balaban J connectivity index is 0.000000511. The molecule has 3 nitrogen and oxygen atoms in total. The van der Waals surface area contributed by atoms with Gasteiger partial charge in [0, 0.05) is 18.5 Å². The smallest absolute Gasteiger partial charge is 0.253 e. The van der Waals surface area contributed by atoms with Crippen LogP contribution in [0.15, 0.2) is 47.7 Å². The first-order valence-electron chi connectivity index (χ1n) is 8.75. The zero-order valence-electron chi connectivity index (χ0n) is 15.7. The molecule has 1 aliphatic heterocycles. The molecule has 1 heterocycles. The number of amides is 1. The van der Waals surface area contributed by atoms with Gasteiger partial charge in [-0.25, -0.2) is 4.39 Å². The summed E-state index contributed by atoms with van der Waals surface area (Å²) in [7, 11) is 0. The van der Waals surface area contributed by atoms with Gasteiger partial charge in [0.2, 0.25) is 0 Å². The number of rotatable bonds is 2. The molecule has 1 aliphatic carbocycles. The molecule has 2 aliphatic rings. The molecule has 1 amide bonds. The molecule has 3 rings (SSSR count). The molecule has 0 radical (unpaired) electrons. The molecular formula is C21H28FNO2. The van der Waals surface area contributed by atoms with Crippen molar-refractivity contribution in [2.75, 3.05) is 0 Å². The monoisotopic (exact) mass is 345 g/mol. The molecule has 136 valence electrons. The summed E-state index contributed by atoms with van der Waals surface area (Å²) in [6.07, 6.45) is 4.88. The van der Waals surface area contributed by atoms with Gasteiger partial charge in [-0.15, -0.1) is 0 Å². The van der Waals surface area contributed by atoms with Crippen molar-refractivity contribution in [3.8, 4) is 0 Å². The van der Waals surface area contributed by atoms with Crippen LogP contribution in [0.2, 0.25) is 0 Å². The van der Waals surface area contributed by atoms with Crippen molar-refractivity contribution < 1.29 is 14.3 Å². The van der Waals surface area contributed by atoms with Crippen LogP contribution in [-0.4, -0.2) is 22.0 Å². The molecule has 2 atom stereocenters. The number of aliphatic hydroxyl groups excluding tert-OH is 1. The summed E-state index contributed by atoms with van der Waals surface area (Å²) < 4.78 is 13.0. The second kappa shape index (κ2) is 7.42. The van der Waals surface area contributed by atoms with E-state index in [-0.39, 0.29) is 34.9 Å².